The van der Waals surface area contributed by atoms with E-state index >= 15 is 0 Å². The summed E-state index contributed by atoms with van der Waals surface area (Å²) in [5.74, 6) is -1.44. The molecule has 0 unspecified atom stereocenters. The number of carbonyl (C=O) groups is 2. The van der Waals surface area contributed by atoms with Gasteiger partial charge in [0.25, 0.3) is 5.91 Å². The third-order valence-electron chi connectivity index (χ3n) is 3.58. The van der Waals surface area contributed by atoms with E-state index in [0.717, 1.165) is 29.3 Å². The van der Waals surface area contributed by atoms with Gasteiger partial charge in [0.05, 0.1) is 5.56 Å². The van der Waals surface area contributed by atoms with Gasteiger partial charge in [0.15, 0.2) is 0 Å². The van der Waals surface area contributed by atoms with E-state index in [-0.39, 0.29) is 5.69 Å². The summed E-state index contributed by atoms with van der Waals surface area (Å²) in [6, 6.07) is 11.7. The first-order valence-electron chi connectivity index (χ1n) is 7.87. The minimum absolute atomic E-state index is 0.136. The van der Waals surface area contributed by atoms with Crippen LogP contribution in [0.3, 0.4) is 0 Å². The number of nitrogens with two attached hydrogens (primary N) is 1. The second-order valence-electron chi connectivity index (χ2n) is 5.67. The van der Waals surface area contributed by atoms with Crippen LogP contribution in [0, 0.1) is 11.3 Å². The number of hydrogen-bond donors (Lipinski definition) is 2. The molecule has 0 spiro atoms. The fourth-order valence-electron chi connectivity index (χ4n) is 2.22. The van der Waals surface area contributed by atoms with E-state index in [9.17, 15) is 28.0 Å². The Balaban J connectivity index is 2.30. The van der Waals surface area contributed by atoms with Crippen LogP contribution in [0.5, 0.6) is 0 Å². The average Bonchev–Trinajstić information content (AvgIpc) is 2.63. The summed E-state index contributed by atoms with van der Waals surface area (Å²) >= 11 is 0. The number of alkyl halides is 3. The van der Waals surface area contributed by atoms with E-state index in [4.69, 9.17) is 5.73 Å². The molecule has 0 aromatic heterocycles. The van der Waals surface area contributed by atoms with Crippen molar-refractivity contribution >= 4 is 28.9 Å². The van der Waals surface area contributed by atoms with Crippen LogP contribution in [0.2, 0.25) is 0 Å². The highest BCUT2D eigenvalue weighted by molar-refractivity contribution is 6.08. The van der Waals surface area contributed by atoms with E-state index in [0.29, 0.717) is 11.4 Å². The molecule has 0 heterocycles. The van der Waals surface area contributed by atoms with Gasteiger partial charge in [-0.3, -0.25) is 14.5 Å². The van der Waals surface area contributed by atoms with Crippen LogP contribution in [0.4, 0.5) is 30.2 Å². The summed E-state index contributed by atoms with van der Waals surface area (Å²) < 4.78 is 38.3. The zero-order chi connectivity index (χ0) is 20.9. The molecule has 0 fully saturated rings. The molecule has 3 N–H and O–H groups in total. The van der Waals surface area contributed by atoms with Gasteiger partial charge in [-0.25, -0.2) is 0 Å². The SMILES string of the molecule is CC(=O)N(/C=C(/C#N)C(=O)Nc1cccc(C(F)(F)F)c1)c1ccc(N)cc1. The van der Waals surface area contributed by atoms with Crippen molar-refractivity contribution in [2.24, 2.45) is 0 Å². The summed E-state index contributed by atoms with van der Waals surface area (Å²) in [6.45, 7) is 1.23. The Morgan fingerprint density at radius 1 is 1.18 bits per heavy atom. The zero-order valence-corrected chi connectivity index (χ0v) is 14.6. The first-order chi connectivity index (χ1) is 13.1. The Kier molecular flexibility index (Phi) is 6.05. The van der Waals surface area contributed by atoms with Gasteiger partial charge in [-0.15, -0.1) is 0 Å². The molecule has 2 aromatic carbocycles. The minimum atomic E-state index is -4.57. The molecule has 2 rings (SSSR count). The lowest BCUT2D eigenvalue weighted by Crippen LogP contribution is -2.25. The molecule has 0 atom stereocenters. The maximum absolute atomic E-state index is 12.8. The number of halogens is 3. The van der Waals surface area contributed by atoms with Gasteiger partial charge >= 0.3 is 6.18 Å². The molecule has 0 saturated heterocycles. The molecule has 6 nitrogen and oxygen atoms in total. The van der Waals surface area contributed by atoms with Crippen molar-refractivity contribution in [2.75, 3.05) is 16.0 Å². The van der Waals surface area contributed by atoms with Crippen LogP contribution in [0.25, 0.3) is 0 Å². The molecule has 2 aromatic rings. The van der Waals surface area contributed by atoms with Gasteiger partial charge in [0.1, 0.15) is 11.6 Å². The first kappa shape index (κ1) is 20.5. The Morgan fingerprint density at radius 2 is 1.82 bits per heavy atom. The van der Waals surface area contributed by atoms with E-state index in [1.165, 1.54) is 37.3 Å². The maximum Gasteiger partial charge on any atom is 0.416 e. The van der Waals surface area contributed by atoms with Crippen molar-refractivity contribution in [2.45, 2.75) is 13.1 Å². The van der Waals surface area contributed by atoms with Crippen molar-refractivity contribution in [3.05, 3.63) is 65.9 Å². The van der Waals surface area contributed by atoms with E-state index in [1.54, 1.807) is 6.07 Å². The predicted octanol–water partition coefficient (Wildman–Crippen LogP) is 3.69. The Labute approximate surface area is 158 Å². The summed E-state index contributed by atoms with van der Waals surface area (Å²) in [4.78, 5) is 25.3. The van der Waals surface area contributed by atoms with Crippen LogP contribution in [0.1, 0.15) is 12.5 Å². The molecule has 0 radical (unpaired) electrons. The van der Waals surface area contributed by atoms with E-state index in [2.05, 4.69) is 5.32 Å². The molecule has 28 heavy (non-hydrogen) atoms. The number of benzene rings is 2. The van der Waals surface area contributed by atoms with Gasteiger partial charge in [0.2, 0.25) is 5.91 Å². The molecule has 2 amide bonds. The van der Waals surface area contributed by atoms with Gasteiger partial charge in [-0.1, -0.05) is 6.07 Å². The predicted molar refractivity (Wildman–Crippen MR) is 97.8 cm³/mol. The molecule has 0 aliphatic carbocycles. The van der Waals surface area contributed by atoms with Crippen molar-refractivity contribution in [1.29, 1.82) is 5.26 Å². The lowest BCUT2D eigenvalue weighted by Gasteiger charge is -2.17. The molecule has 9 heteroatoms. The van der Waals surface area contributed by atoms with Gasteiger partial charge in [-0.05, 0) is 42.5 Å². The third-order valence-corrected chi connectivity index (χ3v) is 3.58. The first-order valence-corrected chi connectivity index (χ1v) is 7.87. The zero-order valence-electron chi connectivity index (χ0n) is 14.6. The molecular weight excluding hydrogens is 373 g/mol. The maximum atomic E-state index is 12.8. The number of rotatable bonds is 4. The quantitative estimate of drug-likeness (QED) is 0.474. The topological polar surface area (TPSA) is 99.2 Å². The van der Waals surface area contributed by atoms with Crippen molar-refractivity contribution in [3.63, 3.8) is 0 Å². The number of nitrogens with zero attached hydrogens (tertiary/aromatic N) is 2. The van der Waals surface area contributed by atoms with Crippen LogP contribution >= 0.6 is 0 Å². The molecule has 0 bridgehead atoms. The number of amides is 2. The summed E-state index contributed by atoms with van der Waals surface area (Å²) in [5, 5.41) is 11.5. The fraction of sp³-hybridized carbons (Fsp3) is 0.105. The standard InChI is InChI=1S/C19H15F3N4O2/c1-12(27)26(17-7-5-15(24)6-8-17)11-13(10-23)18(28)25-16-4-2-3-14(9-16)19(20,21)22/h2-9,11H,24H2,1H3,(H,25,28)/b13-11-. The van der Waals surface area contributed by atoms with Crippen LogP contribution in [-0.4, -0.2) is 11.8 Å². The molecular formula is C19H15F3N4O2. The Bertz CT molecular complexity index is 960. The minimum Gasteiger partial charge on any atom is -0.399 e. The van der Waals surface area contributed by atoms with Gasteiger partial charge in [0, 0.05) is 30.2 Å². The number of carbonyl (C=O) groups excluding carboxylic acids is 2. The lowest BCUT2D eigenvalue weighted by molar-refractivity contribution is -0.137. The number of nitriles is 1. The number of anilines is 3. The van der Waals surface area contributed by atoms with Crippen molar-refractivity contribution in [3.8, 4) is 6.07 Å². The summed E-state index contributed by atoms with van der Waals surface area (Å²) in [6.07, 6.45) is -3.56. The van der Waals surface area contributed by atoms with Gasteiger partial charge in [-0.2, -0.15) is 18.4 Å². The van der Waals surface area contributed by atoms with Crippen LogP contribution in [-0.2, 0) is 15.8 Å². The molecule has 0 saturated carbocycles. The number of hydrogen-bond acceptors (Lipinski definition) is 4. The highest BCUT2D eigenvalue weighted by Crippen LogP contribution is 2.30. The highest BCUT2D eigenvalue weighted by Gasteiger charge is 2.30. The lowest BCUT2D eigenvalue weighted by atomic mass is 10.2. The largest absolute Gasteiger partial charge is 0.416 e. The Morgan fingerprint density at radius 3 is 2.36 bits per heavy atom. The normalized spacial score (nSPS) is 11.5. The Hall–Kier alpha value is -3.80. The third kappa shape index (κ3) is 5.11. The van der Waals surface area contributed by atoms with Crippen LogP contribution < -0.4 is 16.0 Å². The number of nitrogens with one attached hydrogen (secondary N) is 1. The average molecular weight is 388 g/mol. The van der Waals surface area contributed by atoms with E-state index < -0.39 is 29.1 Å². The van der Waals surface area contributed by atoms with Crippen molar-refractivity contribution in [1.82, 2.24) is 0 Å². The monoisotopic (exact) mass is 388 g/mol. The summed E-state index contributed by atoms with van der Waals surface area (Å²) in [7, 11) is 0. The van der Waals surface area contributed by atoms with Crippen molar-refractivity contribution < 1.29 is 22.8 Å². The highest BCUT2D eigenvalue weighted by atomic mass is 19.4. The smallest absolute Gasteiger partial charge is 0.399 e. The van der Waals surface area contributed by atoms with Gasteiger partial charge < -0.3 is 11.1 Å². The second kappa shape index (κ2) is 8.26. The molecule has 0 aliphatic rings. The van der Waals surface area contributed by atoms with Crippen LogP contribution in [0.15, 0.2) is 60.3 Å². The fourth-order valence-corrected chi connectivity index (χ4v) is 2.22. The summed E-state index contributed by atoms with van der Waals surface area (Å²) in [5.41, 5.74) is 4.86. The number of nitrogen functional groups attached to an aromatic ring is 1. The van der Waals surface area contributed by atoms with E-state index in [1.807, 2.05) is 0 Å². The second-order valence-corrected chi connectivity index (χ2v) is 5.67. The molecule has 0 aliphatic heterocycles. The molecule has 144 valence electrons.